The van der Waals surface area contributed by atoms with Crippen LogP contribution in [0.1, 0.15) is 23.4 Å². The second-order valence-corrected chi connectivity index (χ2v) is 3.31. The van der Waals surface area contributed by atoms with Crippen molar-refractivity contribution in [3.63, 3.8) is 0 Å². The van der Waals surface area contributed by atoms with Gasteiger partial charge >= 0.3 is 5.97 Å². The topological polar surface area (TPSA) is 64.4 Å². The lowest BCUT2D eigenvalue weighted by Crippen LogP contribution is -2.19. The maximum Gasteiger partial charge on any atom is 0.306 e. The minimum atomic E-state index is -0.207. The third-order valence-electron chi connectivity index (χ3n) is 2.22. The first-order chi connectivity index (χ1) is 7.15. The van der Waals surface area contributed by atoms with Crippen molar-refractivity contribution in [2.45, 2.75) is 26.8 Å². The van der Waals surface area contributed by atoms with E-state index in [1.165, 1.54) is 7.11 Å². The van der Waals surface area contributed by atoms with Gasteiger partial charge in [-0.3, -0.25) is 4.79 Å². The molecule has 0 unspecified atom stereocenters. The number of hydrogen-bond donors (Lipinski definition) is 1. The summed E-state index contributed by atoms with van der Waals surface area (Å²) >= 11 is 0. The summed E-state index contributed by atoms with van der Waals surface area (Å²) in [5.74, 6) is 0.610. The van der Waals surface area contributed by atoms with E-state index in [9.17, 15) is 4.79 Å². The van der Waals surface area contributed by atoms with Crippen molar-refractivity contribution >= 4 is 5.97 Å². The number of aromatic nitrogens is 1. The van der Waals surface area contributed by atoms with Crippen molar-refractivity contribution in [2.75, 3.05) is 13.7 Å². The Bertz CT molecular complexity index is 314. The van der Waals surface area contributed by atoms with Gasteiger partial charge in [0, 0.05) is 18.7 Å². The van der Waals surface area contributed by atoms with Crippen LogP contribution in [0.15, 0.2) is 4.52 Å². The van der Waals surface area contributed by atoms with Crippen molar-refractivity contribution in [2.24, 2.45) is 0 Å². The quantitative estimate of drug-likeness (QED) is 0.581. The number of esters is 1. The number of carbonyl (C=O) groups excluding carboxylic acids is 1. The lowest BCUT2D eigenvalue weighted by molar-refractivity contribution is -0.140. The molecule has 0 saturated heterocycles. The monoisotopic (exact) mass is 212 g/mol. The van der Waals surface area contributed by atoms with Gasteiger partial charge in [-0.2, -0.15) is 0 Å². The van der Waals surface area contributed by atoms with Crippen molar-refractivity contribution in [3.8, 4) is 0 Å². The van der Waals surface area contributed by atoms with Crippen LogP contribution in [0.5, 0.6) is 0 Å². The highest BCUT2D eigenvalue weighted by Crippen LogP contribution is 2.11. The first-order valence-electron chi connectivity index (χ1n) is 4.84. The molecule has 0 spiro atoms. The molecule has 0 fully saturated rings. The highest BCUT2D eigenvalue weighted by atomic mass is 16.5. The molecule has 5 heteroatoms. The molecular formula is C10H16N2O3. The Morgan fingerprint density at radius 1 is 1.53 bits per heavy atom. The van der Waals surface area contributed by atoms with E-state index in [1.807, 2.05) is 13.8 Å². The summed E-state index contributed by atoms with van der Waals surface area (Å²) in [5.41, 5.74) is 1.94. The fourth-order valence-electron chi connectivity index (χ4n) is 1.26. The molecule has 0 radical (unpaired) electrons. The SMILES string of the molecule is COC(=O)CCNCc1c(C)noc1C. The minimum absolute atomic E-state index is 0.207. The molecule has 1 aromatic heterocycles. The Labute approximate surface area is 88.8 Å². The molecule has 0 aromatic carbocycles. The van der Waals surface area contributed by atoms with Gasteiger partial charge < -0.3 is 14.6 Å². The molecule has 1 heterocycles. The molecule has 0 atom stereocenters. The van der Waals surface area contributed by atoms with Crippen molar-refractivity contribution in [1.29, 1.82) is 0 Å². The number of aryl methyl sites for hydroxylation is 2. The Hall–Kier alpha value is -1.36. The van der Waals surface area contributed by atoms with Crippen molar-refractivity contribution in [3.05, 3.63) is 17.0 Å². The summed E-state index contributed by atoms with van der Waals surface area (Å²) < 4.78 is 9.54. The lowest BCUT2D eigenvalue weighted by Gasteiger charge is -2.02. The standard InChI is InChI=1S/C10H16N2O3/c1-7-9(8(2)15-12-7)6-11-5-4-10(13)14-3/h11H,4-6H2,1-3H3. The van der Waals surface area contributed by atoms with Gasteiger partial charge in [-0.05, 0) is 13.8 Å². The third-order valence-corrected chi connectivity index (χ3v) is 2.22. The number of rotatable bonds is 5. The first kappa shape index (κ1) is 11.7. The smallest absolute Gasteiger partial charge is 0.306 e. The molecule has 0 saturated carbocycles. The van der Waals surface area contributed by atoms with Gasteiger partial charge in [0.1, 0.15) is 5.76 Å². The zero-order chi connectivity index (χ0) is 11.3. The van der Waals surface area contributed by atoms with Gasteiger partial charge in [0.05, 0.1) is 19.2 Å². The fraction of sp³-hybridized carbons (Fsp3) is 0.600. The van der Waals surface area contributed by atoms with Crippen LogP contribution in [0.3, 0.4) is 0 Å². The van der Waals surface area contributed by atoms with E-state index in [0.717, 1.165) is 17.0 Å². The maximum absolute atomic E-state index is 10.8. The second kappa shape index (κ2) is 5.50. The van der Waals surface area contributed by atoms with Gasteiger partial charge in [-0.15, -0.1) is 0 Å². The fourth-order valence-corrected chi connectivity index (χ4v) is 1.26. The van der Waals surface area contributed by atoms with Crippen molar-refractivity contribution < 1.29 is 14.1 Å². The third kappa shape index (κ3) is 3.36. The maximum atomic E-state index is 10.8. The van der Waals surface area contributed by atoms with E-state index in [4.69, 9.17) is 4.52 Å². The number of ether oxygens (including phenoxy) is 1. The Kier molecular flexibility index (Phi) is 4.30. The zero-order valence-electron chi connectivity index (χ0n) is 9.29. The molecule has 0 amide bonds. The van der Waals surface area contributed by atoms with Gasteiger partial charge in [0.2, 0.25) is 0 Å². The highest BCUT2D eigenvalue weighted by Gasteiger charge is 2.08. The van der Waals surface area contributed by atoms with E-state index in [2.05, 4.69) is 15.2 Å². The zero-order valence-corrected chi connectivity index (χ0v) is 9.29. The molecule has 84 valence electrons. The van der Waals surface area contributed by atoms with Gasteiger partial charge in [-0.25, -0.2) is 0 Å². The molecule has 1 rings (SSSR count). The molecule has 0 bridgehead atoms. The van der Waals surface area contributed by atoms with Crippen LogP contribution < -0.4 is 5.32 Å². The first-order valence-corrected chi connectivity index (χ1v) is 4.84. The summed E-state index contributed by atoms with van der Waals surface area (Å²) in [6.45, 7) is 5.03. The van der Waals surface area contributed by atoms with E-state index < -0.39 is 0 Å². The average Bonchev–Trinajstić information content (AvgIpc) is 2.54. The van der Waals surface area contributed by atoms with E-state index >= 15 is 0 Å². The average molecular weight is 212 g/mol. The molecule has 5 nitrogen and oxygen atoms in total. The molecule has 0 aliphatic rings. The van der Waals surface area contributed by atoms with Crippen LogP contribution in [0, 0.1) is 13.8 Å². The van der Waals surface area contributed by atoms with Crippen LogP contribution in [-0.4, -0.2) is 24.8 Å². The molecule has 15 heavy (non-hydrogen) atoms. The second-order valence-electron chi connectivity index (χ2n) is 3.31. The van der Waals surface area contributed by atoms with Gasteiger partial charge in [-0.1, -0.05) is 5.16 Å². The van der Waals surface area contributed by atoms with E-state index in [1.54, 1.807) is 0 Å². The van der Waals surface area contributed by atoms with Crippen LogP contribution >= 0.6 is 0 Å². The van der Waals surface area contributed by atoms with Crippen LogP contribution in [0.4, 0.5) is 0 Å². The summed E-state index contributed by atoms with van der Waals surface area (Å²) in [6, 6.07) is 0. The Balaban J connectivity index is 2.29. The molecule has 0 aliphatic heterocycles. The number of nitrogens with zero attached hydrogens (tertiary/aromatic N) is 1. The lowest BCUT2D eigenvalue weighted by atomic mass is 10.2. The van der Waals surface area contributed by atoms with Gasteiger partial charge in [0.15, 0.2) is 0 Å². The van der Waals surface area contributed by atoms with Gasteiger partial charge in [0.25, 0.3) is 0 Å². The van der Waals surface area contributed by atoms with E-state index in [0.29, 0.717) is 19.5 Å². The van der Waals surface area contributed by atoms with Crippen LogP contribution in [0.2, 0.25) is 0 Å². The van der Waals surface area contributed by atoms with Crippen LogP contribution in [0.25, 0.3) is 0 Å². The number of methoxy groups -OCH3 is 1. The van der Waals surface area contributed by atoms with E-state index in [-0.39, 0.29) is 5.97 Å². The number of nitrogens with one attached hydrogen (secondary N) is 1. The summed E-state index contributed by atoms with van der Waals surface area (Å²) in [7, 11) is 1.39. The summed E-state index contributed by atoms with van der Waals surface area (Å²) in [6.07, 6.45) is 0.375. The molecule has 1 N–H and O–H groups in total. The van der Waals surface area contributed by atoms with Crippen LogP contribution in [-0.2, 0) is 16.1 Å². The molecular weight excluding hydrogens is 196 g/mol. The summed E-state index contributed by atoms with van der Waals surface area (Å²) in [5, 5.41) is 6.97. The number of hydrogen-bond acceptors (Lipinski definition) is 5. The molecule has 1 aromatic rings. The minimum Gasteiger partial charge on any atom is -0.469 e. The highest BCUT2D eigenvalue weighted by molar-refractivity contribution is 5.69. The predicted octanol–water partition coefficient (Wildman–Crippen LogP) is 0.944. The normalized spacial score (nSPS) is 10.3. The Morgan fingerprint density at radius 3 is 2.80 bits per heavy atom. The van der Waals surface area contributed by atoms with Crippen molar-refractivity contribution in [1.82, 2.24) is 10.5 Å². The predicted molar refractivity (Wildman–Crippen MR) is 54.3 cm³/mol. The Morgan fingerprint density at radius 2 is 2.27 bits per heavy atom. The summed E-state index contributed by atoms with van der Waals surface area (Å²) in [4.78, 5) is 10.8. The molecule has 0 aliphatic carbocycles. The largest absolute Gasteiger partial charge is 0.469 e. The number of carbonyl (C=O) groups is 1.